The van der Waals surface area contributed by atoms with E-state index in [0.717, 1.165) is 23.8 Å². The molecular formula is C15H18N2OS. The van der Waals surface area contributed by atoms with E-state index < -0.39 is 0 Å². The molecule has 0 radical (unpaired) electrons. The monoisotopic (exact) mass is 274 g/mol. The molecule has 0 fully saturated rings. The first-order valence-electron chi connectivity index (χ1n) is 6.28. The maximum Gasteiger partial charge on any atom is 0.130 e. The molecule has 19 heavy (non-hydrogen) atoms. The maximum absolute atomic E-state index is 5.73. The minimum absolute atomic E-state index is 0.484. The van der Waals surface area contributed by atoms with E-state index in [1.807, 2.05) is 30.3 Å². The zero-order valence-corrected chi connectivity index (χ0v) is 12.0. The fourth-order valence-corrected chi connectivity index (χ4v) is 2.08. The molecular weight excluding hydrogens is 256 g/mol. The molecule has 0 saturated carbocycles. The van der Waals surface area contributed by atoms with Crippen LogP contribution in [0.15, 0.2) is 47.4 Å². The van der Waals surface area contributed by atoms with Gasteiger partial charge < -0.3 is 10.1 Å². The fraction of sp³-hybridized carbons (Fsp3) is 0.267. The molecule has 1 aromatic carbocycles. The van der Waals surface area contributed by atoms with Gasteiger partial charge >= 0.3 is 0 Å². The second-order valence-electron chi connectivity index (χ2n) is 4.01. The van der Waals surface area contributed by atoms with E-state index in [2.05, 4.69) is 35.6 Å². The van der Waals surface area contributed by atoms with Crippen LogP contribution in [0.1, 0.15) is 12.6 Å². The van der Waals surface area contributed by atoms with Gasteiger partial charge in [-0.05, 0) is 49.6 Å². The van der Waals surface area contributed by atoms with Crippen LogP contribution in [0.25, 0.3) is 0 Å². The van der Waals surface area contributed by atoms with Gasteiger partial charge in [0.2, 0.25) is 0 Å². The Morgan fingerprint density at radius 1 is 1.16 bits per heavy atom. The van der Waals surface area contributed by atoms with Crippen molar-refractivity contribution in [3.8, 4) is 5.75 Å². The van der Waals surface area contributed by atoms with Crippen LogP contribution in [-0.4, -0.2) is 17.8 Å². The minimum Gasteiger partial charge on any atom is -0.487 e. The molecule has 1 aromatic heterocycles. The van der Waals surface area contributed by atoms with Crippen LogP contribution in [0.2, 0.25) is 0 Å². The van der Waals surface area contributed by atoms with E-state index >= 15 is 0 Å². The topological polar surface area (TPSA) is 34.1 Å². The average molecular weight is 274 g/mol. The van der Waals surface area contributed by atoms with Crippen molar-refractivity contribution in [2.45, 2.75) is 18.4 Å². The van der Waals surface area contributed by atoms with Crippen molar-refractivity contribution < 1.29 is 4.74 Å². The van der Waals surface area contributed by atoms with E-state index in [4.69, 9.17) is 4.74 Å². The maximum atomic E-state index is 5.73. The van der Waals surface area contributed by atoms with Crippen molar-refractivity contribution in [3.05, 3.63) is 48.2 Å². The summed E-state index contributed by atoms with van der Waals surface area (Å²) in [7, 11) is 0. The van der Waals surface area contributed by atoms with Crippen LogP contribution >= 0.6 is 11.8 Å². The number of thioether (sulfide) groups is 1. The molecule has 2 rings (SSSR count). The number of anilines is 1. The van der Waals surface area contributed by atoms with Gasteiger partial charge in [-0.3, -0.25) is 0 Å². The van der Waals surface area contributed by atoms with Gasteiger partial charge in [-0.2, -0.15) is 0 Å². The number of rotatable bonds is 6. The van der Waals surface area contributed by atoms with Gasteiger partial charge in [0.15, 0.2) is 0 Å². The molecule has 3 nitrogen and oxygen atoms in total. The Hall–Kier alpha value is -1.68. The van der Waals surface area contributed by atoms with Crippen molar-refractivity contribution >= 4 is 17.6 Å². The molecule has 0 spiro atoms. The molecule has 0 aliphatic heterocycles. The van der Waals surface area contributed by atoms with Gasteiger partial charge in [0.25, 0.3) is 0 Å². The van der Waals surface area contributed by atoms with E-state index in [1.54, 1.807) is 11.8 Å². The molecule has 1 N–H and O–H groups in total. The lowest BCUT2D eigenvalue weighted by atomic mass is 10.3. The smallest absolute Gasteiger partial charge is 0.130 e. The standard InChI is InChI=1S/C15H18N2OS/c1-3-16-15-6-4-5-12(17-15)11-18-13-7-9-14(19-2)10-8-13/h4-10H,3,11H2,1-2H3,(H,16,17). The molecule has 100 valence electrons. The van der Waals surface area contributed by atoms with Crippen LogP contribution in [-0.2, 0) is 6.61 Å². The summed E-state index contributed by atoms with van der Waals surface area (Å²) >= 11 is 1.72. The van der Waals surface area contributed by atoms with Gasteiger partial charge in [-0.15, -0.1) is 11.8 Å². The average Bonchev–Trinajstić information content (AvgIpc) is 2.46. The van der Waals surface area contributed by atoms with Crippen molar-refractivity contribution in [1.29, 1.82) is 0 Å². The highest BCUT2D eigenvalue weighted by Crippen LogP contribution is 2.19. The molecule has 0 aliphatic rings. The highest BCUT2D eigenvalue weighted by molar-refractivity contribution is 7.98. The molecule has 0 atom stereocenters. The molecule has 0 bridgehead atoms. The number of nitrogens with zero attached hydrogens (tertiary/aromatic N) is 1. The molecule has 0 amide bonds. The summed E-state index contributed by atoms with van der Waals surface area (Å²) < 4.78 is 5.73. The minimum atomic E-state index is 0.484. The largest absolute Gasteiger partial charge is 0.487 e. The fourth-order valence-electron chi connectivity index (χ4n) is 1.67. The van der Waals surface area contributed by atoms with E-state index in [-0.39, 0.29) is 0 Å². The molecule has 0 aliphatic carbocycles. The van der Waals surface area contributed by atoms with E-state index in [9.17, 15) is 0 Å². The third kappa shape index (κ3) is 4.17. The zero-order valence-electron chi connectivity index (χ0n) is 11.2. The lowest BCUT2D eigenvalue weighted by molar-refractivity contribution is 0.301. The van der Waals surface area contributed by atoms with Gasteiger partial charge in [0.05, 0.1) is 5.69 Å². The first-order chi connectivity index (χ1) is 9.31. The third-order valence-corrected chi connectivity index (χ3v) is 3.35. The Bertz CT molecular complexity index is 514. The number of hydrogen-bond donors (Lipinski definition) is 1. The summed E-state index contributed by atoms with van der Waals surface area (Å²) in [6, 6.07) is 14.0. The number of hydrogen-bond acceptors (Lipinski definition) is 4. The predicted octanol–water partition coefficient (Wildman–Crippen LogP) is 3.81. The normalized spacial score (nSPS) is 10.2. The molecule has 4 heteroatoms. The summed E-state index contributed by atoms with van der Waals surface area (Å²) in [5.74, 6) is 1.76. The lowest BCUT2D eigenvalue weighted by Gasteiger charge is -2.08. The van der Waals surface area contributed by atoms with Crippen LogP contribution in [0.3, 0.4) is 0 Å². The second-order valence-corrected chi connectivity index (χ2v) is 4.89. The van der Waals surface area contributed by atoms with Crippen LogP contribution in [0.4, 0.5) is 5.82 Å². The lowest BCUT2D eigenvalue weighted by Crippen LogP contribution is -2.03. The Morgan fingerprint density at radius 3 is 2.63 bits per heavy atom. The molecule has 0 unspecified atom stereocenters. The Balaban J connectivity index is 1.95. The molecule has 2 aromatic rings. The van der Waals surface area contributed by atoms with Gasteiger partial charge in [-0.25, -0.2) is 4.98 Å². The first kappa shape index (κ1) is 13.7. The van der Waals surface area contributed by atoms with E-state index in [0.29, 0.717) is 6.61 Å². The van der Waals surface area contributed by atoms with Crippen molar-refractivity contribution in [3.63, 3.8) is 0 Å². The Labute approximate surface area is 118 Å². The van der Waals surface area contributed by atoms with Crippen molar-refractivity contribution in [1.82, 2.24) is 4.98 Å². The van der Waals surface area contributed by atoms with Crippen LogP contribution in [0.5, 0.6) is 5.75 Å². The summed E-state index contributed by atoms with van der Waals surface area (Å²) in [5, 5.41) is 3.19. The highest BCUT2D eigenvalue weighted by atomic mass is 32.2. The number of pyridine rings is 1. The second kappa shape index (κ2) is 7.04. The number of benzene rings is 1. The van der Waals surface area contributed by atoms with Crippen molar-refractivity contribution in [2.75, 3.05) is 18.1 Å². The molecule has 0 saturated heterocycles. The van der Waals surface area contributed by atoms with Crippen molar-refractivity contribution in [2.24, 2.45) is 0 Å². The Morgan fingerprint density at radius 2 is 1.95 bits per heavy atom. The summed E-state index contributed by atoms with van der Waals surface area (Å²) in [5.41, 5.74) is 0.924. The highest BCUT2D eigenvalue weighted by Gasteiger charge is 1.99. The summed E-state index contributed by atoms with van der Waals surface area (Å²) in [6.07, 6.45) is 2.06. The van der Waals surface area contributed by atoms with Crippen LogP contribution < -0.4 is 10.1 Å². The van der Waals surface area contributed by atoms with Gasteiger partial charge in [-0.1, -0.05) is 6.07 Å². The Kier molecular flexibility index (Phi) is 5.10. The van der Waals surface area contributed by atoms with Gasteiger partial charge in [0, 0.05) is 11.4 Å². The summed E-state index contributed by atoms with van der Waals surface area (Å²) in [4.78, 5) is 5.71. The van der Waals surface area contributed by atoms with Gasteiger partial charge in [0.1, 0.15) is 18.2 Å². The van der Waals surface area contributed by atoms with E-state index in [1.165, 1.54) is 4.90 Å². The number of ether oxygens (including phenoxy) is 1. The SMILES string of the molecule is CCNc1cccc(COc2ccc(SC)cc2)n1. The number of nitrogens with one attached hydrogen (secondary N) is 1. The zero-order chi connectivity index (χ0) is 13.5. The summed E-state index contributed by atoms with van der Waals surface area (Å²) in [6.45, 7) is 3.41. The van der Waals surface area contributed by atoms with Crippen LogP contribution in [0, 0.1) is 0 Å². The first-order valence-corrected chi connectivity index (χ1v) is 7.51. The molecule has 1 heterocycles. The third-order valence-electron chi connectivity index (χ3n) is 2.61. The predicted molar refractivity (Wildman–Crippen MR) is 81.0 cm³/mol. The number of aromatic nitrogens is 1. The quantitative estimate of drug-likeness (QED) is 0.812.